The van der Waals surface area contributed by atoms with Gasteiger partial charge < -0.3 is 15.8 Å². The molecular formula is C17H20N2O2. The zero-order valence-corrected chi connectivity index (χ0v) is 12.1. The van der Waals surface area contributed by atoms with E-state index in [9.17, 15) is 4.79 Å². The Hall–Kier alpha value is -2.33. The lowest BCUT2D eigenvalue weighted by Gasteiger charge is -2.10. The van der Waals surface area contributed by atoms with Crippen LogP contribution in [-0.4, -0.2) is 12.5 Å². The molecule has 0 saturated heterocycles. The average molecular weight is 284 g/mol. The van der Waals surface area contributed by atoms with Crippen LogP contribution in [0.25, 0.3) is 0 Å². The van der Waals surface area contributed by atoms with Crippen molar-refractivity contribution < 1.29 is 9.53 Å². The molecule has 2 aromatic carbocycles. The molecule has 4 nitrogen and oxygen atoms in total. The van der Waals surface area contributed by atoms with Gasteiger partial charge in [0.1, 0.15) is 5.75 Å². The molecule has 0 atom stereocenters. The van der Waals surface area contributed by atoms with Gasteiger partial charge in [0.2, 0.25) is 0 Å². The molecular weight excluding hydrogens is 264 g/mol. The maximum absolute atomic E-state index is 11.9. The topological polar surface area (TPSA) is 64.3 Å². The zero-order chi connectivity index (χ0) is 15.1. The zero-order valence-electron chi connectivity index (χ0n) is 12.1. The molecule has 0 spiro atoms. The second kappa shape index (κ2) is 7.45. The number of carbonyl (C=O) groups excluding carboxylic acids is 1. The highest BCUT2D eigenvalue weighted by atomic mass is 16.5. The third kappa shape index (κ3) is 4.33. The van der Waals surface area contributed by atoms with Gasteiger partial charge in [0, 0.05) is 12.2 Å². The summed E-state index contributed by atoms with van der Waals surface area (Å²) in [5.41, 5.74) is 8.51. The Kier molecular flexibility index (Phi) is 5.35. The van der Waals surface area contributed by atoms with Gasteiger partial charge in [-0.15, -0.1) is 0 Å². The van der Waals surface area contributed by atoms with E-state index in [1.54, 1.807) is 0 Å². The van der Waals surface area contributed by atoms with E-state index >= 15 is 0 Å². The molecule has 2 rings (SSSR count). The number of aryl methyl sites for hydroxylation is 1. The second-order valence-corrected chi connectivity index (χ2v) is 4.70. The highest BCUT2D eigenvalue weighted by Gasteiger charge is 2.06. The van der Waals surface area contributed by atoms with Crippen molar-refractivity contribution in [2.75, 3.05) is 11.9 Å². The minimum absolute atomic E-state index is 0.0139. The van der Waals surface area contributed by atoms with Crippen LogP contribution in [0.3, 0.4) is 0 Å². The molecule has 3 N–H and O–H groups in total. The van der Waals surface area contributed by atoms with Crippen molar-refractivity contribution in [3.05, 3.63) is 59.7 Å². The first kappa shape index (κ1) is 15.1. The highest BCUT2D eigenvalue weighted by molar-refractivity contribution is 5.92. The molecule has 0 aliphatic carbocycles. The molecule has 0 fully saturated rings. The number of rotatable bonds is 6. The van der Waals surface area contributed by atoms with Crippen molar-refractivity contribution in [3.8, 4) is 5.75 Å². The predicted octanol–water partition coefficient (Wildman–Crippen LogP) is 2.73. The molecule has 2 aromatic rings. The molecule has 0 heterocycles. The van der Waals surface area contributed by atoms with E-state index in [2.05, 4.69) is 12.2 Å². The molecule has 110 valence electrons. The number of nitrogens with two attached hydrogens (primary N) is 1. The van der Waals surface area contributed by atoms with Crippen molar-refractivity contribution in [3.63, 3.8) is 0 Å². The summed E-state index contributed by atoms with van der Waals surface area (Å²) in [6, 6.07) is 15.2. The second-order valence-electron chi connectivity index (χ2n) is 4.70. The molecule has 0 aliphatic rings. The van der Waals surface area contributed by atoms with Crippen molar-refractivity contribution >= 4 is 11.6 Å². The smallest absolute Gasteiger partial charge is 0.262 e. The summed E-state index contributed by atoms with van der Waals surface area (Å²) in [6.07, 6.45) is 0.873. The Morgan fingerprint density at radius 1 is 1.14 bits per heavy atom. The number of nitrogens with one attached hydrogen (secondary N) is 1. The lowest BCUT2D eigenvalue weighted by atomic mass is 10.1. The molecule has 0 unspecified atom stereocenters. The Morgan fingerprint density at radius 3 is 2.52 bits per heavy atom. The van der Waals surface area contributed by atoms with E-state index in [0.29, 0.717) is 12.3 Å². The minimum atomic E-state index is -0.168. The summed E-state index contributed by atoms with van der Waals surface area (Å²) in [5.74, 6) is 0.491. The third-order valence-electron chi connectivity index (χ3n) is 3.20. The van der Waals surface area contributed by atoms with Gasteiger partial charge >= 0.3 is 0 Å². The highest BCUT2D eigenvalue weighted by Crippen LogP contribution is 2.16. The molecule has 0 radical (unpaired) electrons. The monoisotopic (exact) mass is 284 g/mol. The summed E-state index contributed by atoms with van der Waals surface area (Å²) >= 11 is 0. The van der Waals surface area contributed by atoms with Gasteiger partial charge in [-0.3, -0.25) is 4.79 Å². The number of ether oxygens (including phenoxy) is 1. The van der Waals surface area contributed by atoms with Crippen molar-refractivity contribution in [2.24, 2.45) is 5.73 Å². The molecule has 4 heteroatoms. The molecule has 0 aromatic heterocycles. The van der Waals surface area contributed by atoms with E-state index in [0.717, 1.165) is 23.2 Å². The maximum Gasteiger partial charge on any atom is 0.262 e. The van der Waals surface area contributed by atoms with Gasteiger partial charge in [0.05, 0.1) is 0 Å². The van der Waals surface area contributed by atoms with Crippen molar-refractivity contribution in [2.45, 2.75) is 19.9 Å². The molecule has 21 heavy (non-hydrogen) atoms. The lowest BCUT2D eigenvalue weighted by molar-refractivity contribution is -0.118. The van der Waals surface area contributed by atoms with Crippen LogP contribution in [-0.2, 0) is 17.8 Å². The first-order valence-electron chi connectivity index (χ1n) is 7.02. The minimum Gasteiger partial charge on any atom is -0.484 e. The Balaban J connectivity index is 1.89. The van der Waals surface area contributed by atoms with Crippen LogP contribution in [0, 0.1) is 0 Å². The fourth-order valence-corrected chi connectivity index (χ4v) is 2.01. The van der Waals surface area contributed by atoms with Crippen molar-refractivity contribution in [1.82, 2.24) is 0 Å². The average Bonchev–Trinajstić information content (AvgIpc) is 2.54. The van der Waals surface area contributed by atoms with Crippen LogP contribution in [0.5, 0.6) is 5.75 Å². The maximum atomic E-state index is 11.9. The fourth-order valence-electron chi connectivity index (χ4n) is 2.01. The van der Waals surface area contributed by atoms with Crippen LogP contribution in [0.15, 0.2) is 48.5 Å². The van der Waals surface area contributed by atoms with E-state index in [-0.39, 0.29) is 12.5 Å². The number of hydrogen-bond acceptors (Lipinski definition) is 3. The normalized spacial score (nSPS) is 10.2. The van der Waals surface area contributed by atoms with Crippen LogP contribution >= 0.6 is 0 Å². The summed E-state index contributed by atoms with van der Waals surface area (Å²) < 4.78 is 5.46. The molecule has 0 saturated carbocycles. The fraction of sp³-hybridized carbons (Fsp3) is 0.235. The predicted molar refractivity (Wildman–Crippen MR) is 84.3 cm³/mol. The van der Waals surface area contributed by atoms with Gasteiger partial charge in [0.15, 0.2) is 6.61 Å². The molecule has 1 amide bonds. The summed E-state index contributed by atoms with van der Waals surface area (Å²) in [5, 5.41) is 2.87. The van der Waals surface area contributed by atoms with Gasteiger partial charge in [0.25, 0.3) is 5.91 Å². The Morgan fingerprint density at radius 2 is 1.86 bits per heavy atom. The third-order valence-corrected chi connectivity index (χ3v) is 3.20. The first-order valence-corrected chi connectivity index (χ1v) is 7.02. The van der Waals surface area contributed by atoms with E-state index in [1.807, 2.05) is 48.5 Å². The van der Waals surface area contributed by atoms with Gasteiger partial charge in [-0.2, -0.15) is 0 Å². The number of carbonyl (C=O) groups is 1. The number of para-hydroxylation sites is 1. The van der Waals surface area contributed by atoms with Crippen LogP contribution in [0.1, 0.15) is 18.1 Å². The Labute approximate surface area is 124 Å². The quantitative estimate of drug-likeness (QED) is 0.857. The van der Waals surface area contributed by atoms with Crippen LogP contribution in [0.2, 0.25) is 0 Å². The summed E-state index contributed by atoms with van der Waals surface area (Å²) in [6.45, 7) is 2.54. The van der Waals surface area contributed by atoms with Gasteiger partial charge in [-0.1, -0.05) is 37.3 Å². The Bertz CT molecular complexity index is 594. The van der Waals surface area contributed by atoms with Crippen LogP contribution < -0.4 is 15.8 Å². The SMILES string of the molecule is CCc1ccccc1NC(=O)COc1ccc(CN)cc1. The molecule has 0 bridgehead atoms. The van der Waals surface area contributed by atoms with Crippen molar-refractivity contribution in [1.29, 1.82) is 0 Å². The van der Waals surface area contributed by atoms with Gasteiger partial charge in [-0.25, -0.2) is 0 Å². The standard InChI is InChI=1S/C17H20N2O2/c1-2-14-5-3-4-6-16(14)19-17(20)12-21-15-9-7-13(11-18)8-10-15/h3-10H,2,11-12,18H2,1H3,(H,19,20). The first-order chi connectivity index (χ1) is 10.2. The number of anilines is 1. The van der Waals surface area contributed by atoms with E-state index in [1.165, 1.54) is 0 Å². The largest absolute Gasteiger partial charge is 0.484 e. The van der Waals surface area contributed by atoms with E-state index < -0.39 is 0 Å². The lowest BCUT2D eigenvalue weighted by Crippen LogP contribution is -2.20. The van der Waals surface area contributed by atoms with E-state index in [4.69, 9.17) is 10.5 Å². The molecule has 0 aliphatic heterocycles. The number of benzene rings is 2. The van der Waals surface area contributed by atoms with Crippen LogP contribution in [0.4, 0.5) is 5.69 Å². The number of hydrogen-bond donors (Lipinski definition) is 2. The number of amides is 1. The summed E-state index contributed by atoms with van der Waals surface area (Å²) in [4.78, 5) is 11.9. The summed E-state index contributed by atoms with van der Waals surface area (Å²) in [7, 11) is 0. The van der Waals surface area contributed by atoms with Gasteiger partial charge in [-0.05, 0) is 35.7 Å².